The van der Waals surface area contributed by atoms with Crippen molar-refractivity contribution >= 4 is 27.5 Å². The SMILES string of the molecule is CCCC1CCCCN1C(CN)c1ccc(Cl)c(Br)c1. The van der Waals surface area contributed by atoms with E-state index in [0.717, 1.165) is 16.0 Å². The van der Waals surface area contributed by atoms with Crippen molar-refractivity contribution in [1.82, 2.24) is 4.90 Å². The van der Waals surface area contributed by atoms with Gasteiger partial charge in [0, 0.05) is 23.1 Å². The highest BCUT2D eigenvalue weighted by molar-refractivity contribution is 9.10. The molecule has 0 radical (unpaired) electrons. The van der Waals surface area contributed by atoms with Gasteiger partial charge in [-0.15, -0.1) is 0 Å². The van der Waals surface area contributed by atoms with E-state index in [4.69, 9.17) is 17.3 Å². The minimum absolute atomic E-state index is 0.306. The number of likely N-dealkylation sites (tertiary alicyclic amines) is 1. The van der Waals surface area contributed by atoms with Gasteiger partial charge in [0.2, 0.25) is 0 Å². The molecule has 1 aliphatic rings. The first-order valence-electron chi connectivity index (χ1n) is 7.58. The van der Waals surface area contributed by atoms with Gasteiger partial charge in [-0.2, -0.15) is 0 Å². The third kappa shape index (κ3) is 3.76. The van der Waals surface area contributed by atoms with Gasteiger partial charge in [0.15, 0.2) is 0 Å². The molecule has 20 heavy (non-hydrogen) atoms. The van der Waals surface area contributed by atoms with Gasteiger partial charge in [0.25, 0.3) is 0 Å². The Morgan fingerprint density at radius 2 is 2.25 bits per heavy atom. The van der Waals surface area contributed by atoms with Crippen molar-refractivity contribution in [1.29, 1.82) is 0 Å². The normalized spacial score (nSPS) is 21.9. The summed E-state index contributed by atoms with van der Waals surface area (Å²) in [5.41, 5.74) is 7.36. The van der Waals surface area contributed by atoms with Crippen LogP contribution in [-0.4, -0.2) is 24.0 Å². The van der Waals surface area contributed by atoms with Crippen LogP contribution in [0.5, 0.6) is 0 Å². The molecule has 112 valence electrons. The maximum atomic E-state index is 6.10. The van der Waals surface area contributed by atoms with E-state index in [1.165, 1.54) is 37.7 Å². The maximum Gasteiger partial charge on any atom is 0.0548 e. The Morgan fingerprint density at radius 1 is 1.45 bits per heavy atom. The van der Waals surface area contributed by atoms with E-state index >= 15 is 0 Å². The highest BCUT2D eigenvalue weighted by atomic mass is 79.9. The fourth-order valence-electron chi connectivity index (χ4n) is 3.26. The first-order valence-corrected chi connectivity index (χ1v) is 8.75. The van der Waals surface area contributed by atoms with Crippen molar-refractivity contribution in [2.75, 3.05) is 13.1 Å². The number of nitrogens with zero attached hydrogens (tertiary/aromatic N) is 1. The van der Waals surface area contributed by atoms with E-state index < -0.39 is 0 Å². The lowest BCUT2D eigenvalue weighted by Crippen LogP contribution is -2.44. The van der Waals surface area contributed by atoms with Crippen LogP contribution in [0.15, 0.2) is 22.7 Å². The van der Waals surface area contributed by atoms with Crippen LogP contribution < -0.4 is 5.73 Å². The van der Waals surface area contributed by atoms with Crippen molar-refractivity contribution in [3.8, 4) is 0 Å². The van der Waals surface area contributed by atoms with Gasteiger partial charge in [0.1, 0.15) is 0 Å². The highest BCUT2D eigenvalue weighted by Crippen LogP contribution is 2.33. The van der Waals surface area contributed by atoms with E-state index in [0.29, 0.717) is 18.6 Å². The summed E-state index contributed by atoms with van der Waals surface area (Å²) in [6.45, 7) is 4.09. The molecule has 1 fully saturated rings. The third-order valence-corrected chi connectivity index (χ3v) is 5.46. The predicted molar refractivity (Wildman–Crippen MR) is 90.2 cm³/mol. The lowest BCUT2D eigenvalue weighted by molar-refractivity contribution is 0.0912. The summed E-state index contributed by atoms with van der Waals surface area (Å²) < 4.78 is 0.958. The smallest absolute Gasteiger partial charge is 0.0548 e. The molecule has 1 saturated heterocycles. The predicted octanol–water partition coefficient (Wildman–Crippen LogP) is 4.76. The lowest BCUT2D eigenvalue weighted by atomic mass is 9.94. The van der Waals surface area contributed by atoms with E-state index in [1.807, 2.05) is 6.07 Å². The summed E-state index contributed by atoms with van der Waals surface area (Å²) in [7, 11) is 0. The molecule has 4 heteroatoms. The maximum absolute atomic E-state index is 6.10. The average molecular weight is 360 g/mol. The molecule has 0 spiro atoms. The monoisotopic (exact) mass is 358 g/mol. The molecule has 2 nitrogen and oxygen atoms in total. The summed E-state index contributed by atoms with van der Waals surface area (Å²) in [6.07, 6.45) is 6.45. The Morgan fingerprint density at radius 3 is 2.90 bits per heavy atom. The third-order valence-electron chi connectivity index (χ3n) is 4.25. The van der Waals surface area contributed by atoms with Crippen LogP contribution in [0.3, 0.4) is 0 Å². The molecule has 2 unspecified atom stereocenters. The molecule has 2 rings (SSSR count). The van der Waals surface area contributed by atoms with Gasteiger partial charge in [-0.1, -0.05) is 37.4 Å². The van der Waals surface area contributed by atoms with Crippen LogP contribution in [-0.2, 0) is 0 Å². The van der Waals surface area contributed by atoms with Gasteiger partial charge < -0.3 is 5.73 Å². The molecule has 2 N–H and O–H groups in total. The zero-order valence-electron chi connectivity index (χ0n) is 12.1. The van der Waals surface area contributed by atoms with Crippen LogP contribution >= 0.6 is 27.5 Å². The average Bonchev–Trinajstić information content (AvgIpc) is 2.45. The van der Waals surface area contributed by atoms with Crippen molar-refractivity contribution < 1.29 is 0 Å². The zero-order valence-corrected chi connectivity index (χ0v) is 14.5. The minimum Gasteiger partial charge on any atom is -0.329 e. The van der Waals surface area contributed by atoms with E-state index in [9.17, 15) is 0 Å². The molecular formula is C16H24BrClN2. The highest BCUT2D eigenvalue weighted by Gasteiger charge is 2.28. The quantitative estimate of drug-likeness (QED) is 0.821. The van der Waals surface area contributed by atoms with Crippen LogP contribution in [0.2, 0.25) is 5.02 Å². The number of rotatable bonds is 5. The van der Waals surface area contributed by atoms with Gasteiger partial charge in [-0.3, -0.25) is 4.90 Å². The second-order valence-corrected chi connectivity index (χ2v) is 6.86. The standard InChI is InChI=1S/C16H24BrClN2/c1-2-5-13-6-3-4-9-20(13)16(11-19)12-7-8-15(18)14(17)10-12/h7-8,10,13,16H,2-6,9,11,19H2,1H3. The molecule has 0 saturated carbocycles. The molecule has 0 aliphatic carbocycles. The van der Waals surface area contributed by atoms with Crippen LogP contribution in [0, 0.1) is 0 Å². The van der Waals surface area contributed by atoms with E-state index in [2.05, 4.69) is 39.9 Å². The van der Waals surface area contributed by atoms with Crippen LogP contribution in [0.1, 0.15) is 50.6 Å². The summed E-state index contributed by atoms with van der Waals surface area (Å²) >= 11 is 9.62. The molecule has 2 atom stereocenters. The summed E-state index contributed by atoms with van der Waals surface area (Å²) in [5, 5.41) is 0.758. The number of hydrogen-bond acceptors (Lipinski definition) is 2. The van der Waals surface area contributed by atoms with E-state index in [-0.39, 0.29) is 0 Å². The summed E-state index contributed by atoms with van der Waals surface area (Å²) in [6, 6.07) is 7.18. The molecule has 0 aromatic heterocycles. The fraction of sp³-hybridized carbons (Fsp3) is 0.625. The number of benzene rings is 1. The lowest BCUT2D eigenvalue weighted by Gasteiger charge is -2.41. The molecule has 0 amide bonds. The van der Waals surface area contributed by atoms with Crippen LogP contribution in [0.4, 0.5) is 0 Å². The number of hydrogen-bond donors (Lipinski definition) is 1. The second-order valence-electron chi connectivity index (χ2n) is 5.60. The molecular weight excluding hydrogens is 336 g/mol. The van der Waals surface area contributed by atoms with Gasteiger partial charge >= 0.3 is 0 Å². The number of piperidine rings is 1. The minimum atomic E-state index is 0.306. The molecule has 0 bridgehead atoms. The van der Waals surface area contributed by atoms with Crippen molar-refractivity contribution in [2.45, 2.75) is 51.1 Å². The van der Waals surface area contributed by atoms with Crippen molar-refractivity contribution in [3.63, 3.8) is 0 Å². The summed E-state index contributed by atoms with van der Waals surface area (Å²) in [4.78, 5) is 2.61. The number of nitrogens with two attached hydrogens (primary N) is 1. The zero-order chi connectivity index (χ0) is 14.5. The topological polar surface area (TPSA) is 29.3 Å². The number of halogens is 2. The Hall–Kier alpha value is -0.0900. The molecule has 1 aromatic rings. The van der Waals surface area contributed by atoms with Gasteiger partial charge in [0.05, 0.1) is 5.02 Å². The molecule has 1 aliphatic heterocycles. The molecule has 1 heterocycles. The summed E-state index contributed by atoms with van der Waals surface area (Å²) in [5.74, 6) is 0. The second kappa shape index (κ2) is 7.79. The Labute approximate surface area is 135 Å². The largest absolute Gasteiger partial charge is 0.329 e. The van der Waals surface area contributed by atoms with Crippen molar-refractivity contribution in [3.05, 3.63) is 33.3 Å². The Bertz CT molecular complexity index is 436. The van der Waals surface area contributed by atoms with Crippen LogP contribution in [0.25, 0.3) is 0 Å². The van der Waals surface area contributed by atoms with Gasteiger partial charge in [-0.25, -0.2) is 0 Å². The first kappa shape index (κ1) is 16.3. The Kier molecular flexibility index (Phi) is 6.34. The Balaban J connectivity index is 2.22. The first-order chi connectivity index (χ1) is 9.67. The van der Waals surface area contributed by atoms with Gasteiger partial charge in [-0.05, 0) is 59.4 Å². The van der Waals surface area contributed by atoms with E-state index in [1.54, 1.807) is 0 Å². The molecule has 1 aromatic carbocycles. The van der Waals surface area contributed by atoms with Crippen molar-refractivity contribution in [2.24, 2.45) is 5.73 Å². The fourth-order valence-corrected chi connectivity index (χ4v) is 3.77.